The quantitative estimate of drug-likeness (QED) is 0.800. The van der Waals surface area contributed by atoms with E-state index in [1.807, 2.05) is 19.2 Å². The first kappa shape index (κ1) is 10.4. The van der Waals surface area contributed by atoms with E-state index in [4.69, 9.17) is 5.73 Å². The van der Waals surface area contributed by atoms with Gasteiger partial charge in [0.15, 0.2) is 0 Å². The SMILES string of the molecule is CC(N)Cc1ccnc(N2CCCC2)n1. The van der Waals surface area contributed by atoms with Crippen molar-refractivity contribution in [3.8, 4) is 0 Å². The average molecular weight is 206 g/mol. The molecule has 1 unspecified atom stereocenters. The molecule has 82 valence electrons. The van der Waals surface area contributed by atoms with Crippen LogP contribution in [0, 0.1) is 0 Å². The average Bonchev–Trinajstić information content (AvgIpc) is 2.69. The summed E-state index contributed by atoms with van der Waals surface area (Å²) in [5, 5.41) is 0. The molecular formula is C11H18N4. The Hall–Kier alpha value is -1.16. The molecule has 2 N–H and O–H groups in total. The summed E-state index contributed by atoms with van der Waals surface area (Å²) in [5.74, 6) is 0.866. The first-order valence-corrected chi connectivity index (χ1v) is 5.58. The van der Waals surface area contributed by atoms with Crippen LogP contribution >= 0.6 is 0 Å². The van der Waals surface area contributed by atoms with Gasteiger partial charge in [0.2, 0.25) is 5.95 Å². The largest absolute Gasteiger partial charge is 0.341 e. The number of nitrogens with zero attached hydrogens (tertiary/aromatic N) is 3. The highest BCUT2D eigenvalue weighted by molar-refractivity contribution is 5.31. The Bertz CT molecular complexity index is 318. The predicted molar refractivity (Wildman–Crippen MR) is 60.8 cm³/mol. The Balaban J connectivity index is 2.11. The van der Waals surface area contributed by atoms with Gasteiger partial charge in [-0.15, -0.1) is 0 Å². The molecule has 0 aromatic carbocycles. The molecule has 2 heterocycles. The Morgan fingerprint density at radius 2 is 2.20 bits per heavy atom. The van der Waals surface area contributed by atoms with Gasteiger partial charge in [-0.25, -0.2) is 9.97 Å². The van der Waals surface area contributed by atoms with E-state index in [-0.39, 0.29) is 6.04 Å². The number of hydrogen-bond donors (Lipinski definition) is 1. The van der Waals surface area contributed by atoms with Crippen molar-refractivity contribution in [3.63, 3.8) is 0 Å². The van der Waals surface area contributed by atoms with E-state index in [0.717, 1.165) is 31.2 Å². The second-order valence-electron chi connectivity index (χ2n) is 4.22. The van der Waals surface area contributed by atoms with Crippen molar-refractivity contribution in [1.82, 2.24) is 9.97 Å². The number of nitrogens with two attached hydrogens (primary N) is 1. The van der Waals surface area contributed by atoms with Crippen LogP contribution in [0.3, 0.4) is 0 Å². The van der Waals surface area contributed by atoms with Crippen LogP contribution in [-0.4, -0.2) is 29.1 Å². The molecule has 1 aliphatic heterocycles. The normalized spacial score (nSPS) is 18.1. The first-order valence-electron chi connectivity index (χ1n) is 5.58. The lowest BCUT2D eigenvalue weighted by Crippen LogP contribution is -2.22. The summed E-state index contributed by atoms with van der Waals surface area (Å²) in [6.07, 6.45) is 5.16. The van der Waals surface area contributed by atoms with Gasteiger partial charge in [-0.05, 0) is 25.8 Å². The number of rotatable bonds is 3. The Kier molecular flexibility index (Phi) is 3.16. The van der Waals surface area contributed by atoms with Crippen molar-refractivity contribution in [3.05, 3.63) is 18.0 Å². The topological polar surface area (TPSA) is 55.0 Å². The minimum Gasteiger partial charge on any atom is -0.341 e. The van der Waals surface area contributed by atoms with Crippen LogP contribution in [0.4, 0.5) is 5.95 Å². The molecule has 1 atom stereocenters. The molecule has 1 saturated heterocycles. The van der Waals surface area contributed by atoms with Crippen LogP contribution in [0.5, 0.6) is 0 Å². The third kappa shape index (κ3) is 2.65. The van der Waals surface area contributed by atoms with Crippen molar-refractivity contribution in [2.45, 2.75) is 32.2 Å². The summed E-state index contributed by atoms with van der Waals surface area (Å²) in [7, 11) is 0. The minimum atomic E-state index is 0.159. The molecular weight excluding hydrogens is 188 g/mol. The highest BCUT2D eigenvalue weighted by Gasteiger charge is 2.14. The smallest absolute Gasteiger partial charge is 0.225 e. The molecule has 4 nitrogen and oxygen atoms in total. The van der Waals surface area contributed by atoms with E-state index in [2.05, 4.69) is 14.9 Å². The second kappa shape index (κ2) is 4.57. The van der Waals surface area contributed by atoms with E-state index < -0.39 is 0 Å². The fourth-order valence-corrected chi connectivity index (χ4v) is 1.90. The highest BCUT2D eigenvalue weighted by Crippen LogP contribution is 2.15. The van der Waals surface area contributed by atoms with Gasteiger partial charge >= 0.3 is 0 Å². The lowest BCUT2D eigenvalue weighted by molar-refractivity contribution is 0.716. The Morgan fingerprint density at radius 1 is 1.47 bits per heavy atom. The van der Waals surface area contributed by atoms with E-state index >= 15 is 0 Å². The van der Waals surface area contributed by atoms with Crippen LogP contribution in [-0.2, 0) is 6.42 Å². The van der Waals surface area contributed by atoms with Gasteiger partial charge in [-0.2, -0.15) is 0 Å². The van der Waals surface area contributed by atoms with Crippen LogP contribution in [0.15, 0.2) is 12.3 Å². The molecule has 0 aliphatic carbocycles. The van der Waals surface area contributed by atoms with Gasteiger partial charge in [0, 0.05) is 37.4 Å². The zero-order valence-electron chi connectivity index (χ0n) is 9.19. The number of anilines is 1. The summed E-state index contributed by atoms with van der Waals surface area (Å²) < 4.78 is 0. The summed E-state index contributed by atoms with van der Waals surface area (Å²) in [6.45, 7) is 4.17. The van der Waals surface area contributed by atoms with E-state index in [9.17, 15) is 0 Å². The van der Waals surface area contributed by atoms with E-state index in [1.165, 1.54) is 12.8 Å². The van der Waals surface area contributed by atoms with E-state index in [0.29, 0.717) is 0 Å². The molecule has 2 rings (SSSR count). The summed E-state index contributed by atoms with van der Waals surface area (Å²) in [6, 6.07) is 2.11. The van der Waals surface area contributed by atoms with Crippen molar-refractivity contribution < 1.29 is 0 Å². The van der Waals surface area contributed by atoms with Crippen molar-refractivity contribution in [2.24, 2.45) is 5.73 Å². The maximum atomic E-state index is 5.75. The Morgan fingerprint density at radius 3 is 2.87 bits per heavy atom. The van der Waals surface area contributed by atoms with Gasteiger partial charge in [0.25, 0.3) is 0 Å². The maximum absolute atomic E-state index is 5.75. The highest BCUT2D eigenvalue weighted by atomic mass is 15.3. The number of aromatic nitrogens is 2. The van der Waals surface area contributed by atoms with Crippen molar-refractivity contribution in [1.29, 1.82) is 0 Å². The van der Waals surface area contributed by atoms with Gasteiger partial charge in [0.1, 0.15) is 0 Å². The third-order valence-corrected chi connectivity index (χ3v) is 2.62. The molecule has 1 aliphatic rings. The second-order valence-corrected chi connectivity index (χ2v) is 4.22. The van der Waals surface area contributed by atoms with Crippen molar-refractivity contribution in [2.75, 3.05) is 18.0 Å². The molecule has 1 fully saturated rings. The van der Waals surface area contributed by atoms with Gasteiger partial charge in [-0.3, -0.25) is 0 Å². The summed E-state index contributed by atoms with van der Waals surface area (Å²) in [4.78, 5) is 11.1. The van der Waals surface area contributed by atoms with Crippen LogP contribution in [0.1, 0.15) is 25.5 Å². The van der Waals surface area contributed by atoms with Gasteiger partial charge < -0.3 is 10.6 Å². The third-order valence-electron chi connectivity index (χ3n) is 2.62. The fourth-order valence-electron chi connectivity index (χ4n) is 1.90. The van der Waals surface area contributed by atoms with Gasteiger partial charge in [-0.1, -0.05) is 0 Å². The van der Waals surface area contributed by atoms with Crippen LogP contribution < -0.4 is 10.6 Å². The Labute approximate surface area is 90.5 Å². The summed E-state index contributed by atoms with van der Waals surface area (Å²) >= 11 is 0. The molecule has 4 heteroatoms. The van der Waals surface area contributed by atoms with Crippen LogP contribution in [0.2, 0.25) is 0 Å². The lowest BCUT2D eigenvalue weighted by Gasteiger charge is -2.15. The molecule has 0 spiro atoms. The molecule has 0 amide bonds. The lowest BCUT2D eigenvalue weighted by atomic mass is 10.2. The molecule has 15 heavy (non-hydrogen) atoms. The fraction of sp³-hybridized carbons (Fsp3) is 0.636. The number of hydrogen-bond acceptors (Lipinski definition) is 4. The predicted octanol–water partition coefficient (Wildman–Crippen LogP) is 0.967. The molecule has 0 saturated carbocycles. The molecule has 0 bridgehead atoms. The maximum Gasteiger partial charge on any atom is 0.225 e. The minimum absolute atomic E-state index is 0.159. The standard InChI is InChI=1S/C11H18N4/c1-9(12)8-10-4-5-13-11(14-10)15-6-2-3-7-15/h4-5,9H,2-3,6-8,12H2,1H3. The van der Waals surface area contributed by atoms with Crippen LogP contribution in [0.25, 0.3) is 0 Å². The first-order chi connectivity index (χ1) is 7.25. The monoisotopic (exact) mass is 206 g/mol. The van der Waals surface area contributed by atoms with Gasteiger partial charge in [0.05, 0.1) is 0 Å². The zero-order chi connectivity index (χ0) is 10.7. The molecule has 0 radical (unpaired) electrons. The molecule has 1 aromatic heterocycles. The zero-order valence-corrected chi connectivity index (χ0v) is 9.19. The molecule has 1 aromatic rings. The summed E-state index contributed by atoms with van der Waals surface area (Å²) in [5.41, 5.74) is 6.80. The van der Waals surface area contributed by atoms with E-state index in [1.54, 1.807) is 0 Å². The van der Waals surface area contributed by atoms with Crippen molar-refractivity contribution >= 4 is 5.95 Å².